The average Bonchev–Trinajstić information content (AvgIpc) is 2.76. The largest absolute Gasteiger partial charge is 0.368 e. The molecule has 2 heterocycles. The Morgan fingerprint density at radius 2 is 2.17 bits per heavy atom. The molecule has 0 aliphatic carbocycles. The number of nitrogens with one attached hydrogen (secondary N) is 1. The Bertz CT molecular complexity index is 406. The summed E-state index contributed by atoms with van der Waals surface area (Å²) in [6, 6.07) is 0.567. The van der Waals surface area contributed by atoms with E-state index in [2.05, 4.69) is 25.2 Å². The molecule has 0 saturated carbocycles. The summed E-state index contributed by atoms with van der Waals surface area (Å²) in [6.45, 7) is 2.82. The van der Waals surface area contributed by atoms with E-state index in [0.717, 1.165) is 31.9 Å². The van der Waals surface area contributed by atoms with Gasteiger partial charge in [0, 0.05) is 33.2 Å². The molecule has 1 aromatic rings. The summed E-state index contributed by atoms with van der Waals surface area (Å²) >= 11 is 0. The third-order valence-corrected chi connectivity index (χ3v) is 3.13. The van der Waals surface area contributed by atoms with Gasteiger partial charge in [0.2, 0.25) is 11.9 Å². The number of nitrogens with two attached hydrogens (primary N) is 1. The zero-order chi connectivity index (χ0) is 13.1. The molecule has 18 heavy (non-hydrogen) atoms. The Labute approximate surface area is 107 Å². The van der Waals surface area contributed by atoms with Crippen LogP contribution in [-0.2, 0) is 6.54 Å². The topological polar surface area (TPSA) is 83.2 Å². The van der Waals surface area contributed by atoms with Crippen molar-refractivity contribution in [3.63, 3.8) is 0 Å². The lowest BCUT2D eigenvalue weighted by Crippen LogP contribution is -2.30. The number of nitrogen functional groups attached to an aromatic ring is 1. The van der Waals surface area contributed by atoms with Crippen molar-refractivity contribution in [1.82, 2.24) is 25.2 Å². The van der Waals surface area contributed by atoms with Crippen molar-refractivity contribution in [2.45, 2.75) is 19.0 Å². The Kier molecular flexibility index (Phi) is 3.93. The van der Waals surface area contributed by atoms with Crippen LogP contribution in [0.15, 0.2) is 0 Å². The first-order chi connectivity index (χ1) is 8.58. The molecule has 1 aliphatic heterocycles. The van der Waals surface area contributed by atoms with Crippen LogP contribution < -0.4 is 16.0 Å². The van der Waals surface area contributed by atoms with E-state index in [1.54, 1.807) is 0 Å². The minimum atomic E-state index is 0.285. The standard InChI is InChI=1S/C11H21N7/c1-13-8-4-5-18(6-8)7-9-14-10(12)16-11(15-9)17(2)3/h8,13H,4-7H2,1-3H3,(H2,12,14,15,16). The van der Waals surface area contributed by atoms with E-state index in [1.807, 2.05) is 26.0 Å². The van der Waals surface area contributed by atoms with E-state index in [4.69, 9.17) is 5.73 Å². The Hall–Kier alpha value is -1.47. The van der Waals surface area contributed by atoms with Crippen LogP contribution in [0.1, 0.15) is 12.2 Å². The monoisotopic (exact) mass is 251 g/mol. The van der Waals surface area contributed by atoms with E-state index in [-0.39, 0.29) is 5.95 Å². The molecule has 0 spiro atoms. The summed E-state index contributed by atoms with van der Waals surface area (Å²) in [5.74, 6) is 1.64. The molecule has 7 heteroatoms. The lowest BCUT2D eigenvalue weighted by atomic mass is 10.3. The molecular formula is C11H21N7. The molecule has 0 bridgehead atoms. The summed E-state index contributed by atoms with van der Waals surface area (Å²) in [4.78, 5) is 16.9. The lowest BCUT2D eigenvalue weighted by molar-refractivity contribution is 0.314. The summed E-state index contributed by atoms with van der Waals surface area (Å²) in [7, 11) is 5.79. The van der Waals surface area contributed by atoms with Crippen LogP contribution in [0.3, 0.4) is 0 Å². The maximum atomic E-state index is 5.71. The van der Waals surface area contributed by atoms with Gasteiger partial charge in [0.25, 0.3) is 0 Å². The van der Waals surface area contributed by atoms with E-state index in [0.29, 0.717) is 12.0 Å². The number of hydrogen-bond donors (Lipinski definition) is 2. The second-order valence-electron chi connectivity index (χ2n) is 4.81. The zero-order valence-electron chi connectivity index (χ0n) is 11.2. The van der Waals surface area contributed by atoms with Crippen LogP contribution in [-0.4, -0.2) is 60.1 Å². The second kappa shape index (κ2) is 5.45. The van der Waals surface area contributed by atoms with Crippen LogP contribution in [0, 0.1) is 0 Å². The quantitative estimate of drug-likeness (QED) is 0.733. The minimum absolute atomic E-state index is 0.285. The minimum Gasteiger partial charge on any atom is -0.368 e. The molecule has 1 fully saturated rings. The highest BCUT2D eigenvalue weighted by atomic mass is 15.3. The molecule has 7 nitrogen and oxygen atoms in total. The zero-order valence-corrected chi connectivity index (χ0v) is 11.2. The maximum absolute atomic E-state index is 5.71. The van der Waals surface area contributed by atoms with E-state index >= 15 is 0 Å². The summed E-state index contributed by atoms with van der Waals surface area (Å²) in [5, 5.41) is 3.29. The van der Waals surface area contributed by atoms with Gasteiger partial charge in [-0.25, -0.2) is 0 Å². The second-order valence-corrected chi connectivity index (χ2v) is 4.81. The third-order valence-electron chi connectivity index (χ3n) is 3.13. The first-order valence-corrected chi connectivity index (χ1v) is 6.16. The van der Waals surface area contributed by atoms with Gasteiger partial charge >= 0.3 is 0 Å². The first-order valence-electron chi connectivity index (χ1n) is 6.16. The summed E-state index contributed by atoms with van der Waals surface area (Å²) in [6.07, 6.45) is 1.16. The van der Waals surface area contributed by atoms with Gasteiger partial charge in [0.15, 0.2) is 0 Å². The number of likely N-dealkylation sites (N-methyl/N-ethyl adjacent to an activating group) is 1. The number of likely N-dealkylation sites (tertiary alicyclic amines) is 1. The maximum Gasteiger partial charge on any atom is 0.229 e. The van der Waals surface area contributed by atoms with E-state index in [9.17, 15) is 0 Å². The summed E-state index contributed by atoms with van der Waals surface area (Å²) in [5.41, 5.74) is 5.71. The SMILES string of the molecule is CNC1CCN(Cc2nc(N)nc(N(C)C)n2)C1. The van der Waals surface area contributed by atoms with Gasteiger partial charge in [-0.1, -0.05) is 0 Å². The Balaban J connectivity index is 2.05. The van der Waals surface area contributed by atoms with Crippen LogP contribution in [0.4, 0.5) is 11.9 Å². The number of rotatable bonds is 4. The fraction of sp³-hybridized carbons (Fsp3) is 0.727. The van der Waals surface area contributed by atoms with Gasteiger partial charge < -0.3 is 16.0 Å². The van der Waals surface area contributed by atoms with Crippen molar-refractivity contribution < 1.29 is 0 Å². The average molecular weight is 251 g/mol. The van der Waals surface area contributed by atoms with E-state index < -0.39 is 0 Å². The highest BCUT2D eigenvalue weighted by molar-refractivity contribution is 5.32. The molecule has 0 aromatic carbocycles. The van der Waals surface area contributed by atoms with Crippen LogP contribution in [0.2, 0.25) is 0 Å². The van der Waals surface area contributed by atoms with Gasteiger partial charge in [-0.3, -0.25) is 4.90 Å². The molecule has 1 aliphatic rings. The third kappa shape index (κ3) is 3.05. The van der Waals surface area contributed by atoms with Gasteiger partial charge in [-0.05, 0) is 13.5 Å². The Morgan fingerprint density at radius 3 is 2.78 bits per heavy atom. The molecular weight excluding hydrogens is 230 g/mol. The highest BCUT2D eigenvalue weighted by Gasteiger charge is 2.22. The van der Waals surface area contributed by atoms with Crippen molar-refractivity contribution in [3.05, 3.63) is 5.82 Å². The van der Waals surface area contributed by atoms with Crippen molar-refractivity contribution in [2.24, 2.45) is 0 Å². The molecule has 1 unspecified atom stereocenters. The molecule has 0 radical (unpaired) electrons. The van der Waals surface area contributed by atoms with Gasteiger partial charge in [-0.2, -0.15) is 15.0 Å². The van der Waals surface area contributed by atoms with Crippen molar-refractivity contribution in [2.75, 3.05) is 44.9 Å². The number of anilines is 2. The smallest absolute Gasteiger partial charge is 0.229 e. The number of aromatic nitrogens is 3. The molecule has 1 atom stereocenters. The molecule has 1 saturated heterocycles. The fourth-order valence-electron chi connectivity index (χ4n) is 2.11. The number of hydrogen-bond acceptors (Lipinski definition) is 7. The molecule has 0 amide bonds. The van der Waals surface area contributed by atoms with Gasteiger partial charge in [0.1, 0.15) is 5.82 Å². The summed E-state index contributed by atoms with van der Waals surface area (Å²) < 4.78 is 0. The molecule has 1 aromatic heterocycles. The van der Waals surface area contributed by atoms with Crippen molar-refractivity contribution in [1.29, 1.82) is 0 Å². The normalized spacial score (nSPS) is 20.3. The van der Waals surface area contributed by atoms with Crippen LogP contribution in [0.25, 0.3) is 0 Å². The fourth-order valence-corrected chi connectivity index (χ4v) is 2.11. The van der Waals surface area contributed by atoms with E-state index in [1.165, 1.54) is 0 Å². The van der Waals surface area contributed by atoms with Crippen molar-refractivity contribution >= 4 is 11.9 Å². The molecule has 3 N–H and O–H groups in total. The number of nitrogens with zero attached hydrogens (tertiary/aromatic N) is 5. The molecule has 2 rings (SSSR count). The first kappa shape index (κ1) is 13.0. The predicted octanol–water partition coefficient (Wildman–Crippen LogP) is -0.686. The Morgan fingerprint density at radius 1 is 1.39 bits per heavy atom. The van der Waals surface area contributed by atoms with Crippen LogP contribution >= 0.6 is 0 Å². The molecule has 100 valence electrons. The lowest BCUT2D eigenvalue weighted by Gasteiger charge is -2.16. The highest BCUT2D eigenvalue weighted by Crippen LogP contribution is 2.13. The van der Waals surface area contributed by atoms with Gasteiger partial charge in [-0.15, -0.1) is 0 Å². The van der Waals surface area contributed by atoms with Crippen molar-refractivity contribution in [3.8, 4) is 0 Å². The predicted molar refractivity (Wildman–Crippen MR) is 71.3 cm³/mol. The van der Waals surface area contributed by atoms with Gasteiger partial charge in [0.05, 0.1) is 6.54 Å². The van der Waals surface area contributed by atoms with Crippen LogP contribution in [0.5, 0.6) is 0 Å².